The van der Waals surface area contributed by atoms with Crippen LogP contribution in [0.5, 0.6) is 0 Å². The SMILES string of the molecule is Fc1ccc(C2=NO[C@H](C[NH2+]Cc3ccc(C(F)(F)F)cc3)C2)cc1. The summed E-state index contributed by atoms with van der Waals surface area (Å²) < 4.78 is 50.5. The van der Waals surface area contributed by atoms with Crippen molar-refractivity contribution >= 4 is 5.71 Å². The molecule has 0 bridgehead atoms. The molecule has 0 saturated carbocycles. The molecule has 0 saturated heterocycles. The van der Waals surface area contributed by atoms with Crippen molar-refractivity contribution in [3.05, 3.63) is 71.0 Å². The number of benzene rings is 2. The summed E-state index contributed by atoms with van der Waals surface area (Å²) in [5.74, 6) is -0.301. The van der Waals surface area contributed by atoms with Gasteiger partial charge in [0.1, 0.15) is 18.9 Å². The normalized spacial score (nSPS) is 17.3. The van der Waals surface area contributed by atoms with E-state index in [2.05, 4.69) is 5.16 Å². The second-order valence-corrected chi connectivity index (χ2v) is 5.90. The van der Waals surface area contributed by atoms with Gasteiger partial charge in [0, 0.05) is 12.0 Å². The molecular formula is C18H17F4N2O+. The predicted molar refractivity (Wildman–Crippen MR) is 84.4 cm³/mol. The van der Waals surface area contributed by atoms with Crippen LogP contribution in [0.2, 0.25) is 0 Å². The molecule has 2 N–H and O–H groups in total. The number of hydrogen-bond acceptors (Lipinski definition) is 2. The molecule has 2 aromatic carbocycles. The fraction of sp³-hybridized carbons (Fsp3) is 0.278. The number of rotatable bonds is 5. The van der Waals surface area contributed by atoms with Crippen LogP contribution in [-0.2, 0) is 17.6 Å². The van der Waals surface area contributed by atoms with Crippen molar-refractivity contribution < 1.29 is 27.7 Å². The van der Waals surface area contributed by atoms with Gasteiger partial charge in [-0.2, -0.15) is 13.2 Å². The molecule has 0 spiro atoms. The summed E-state index contributed by atoms with van der Waals surface area (Å²) >= 11 is 0. The smallest absolute Gasteiger partial charge is 0.386 e. The molecule has 25 heavy (non-hydrogen) atoms. The van der Waals surface area contributed by atoms with Crippen LogP contribution in [0.25, 0.3) is 0 Å². The van der Waals surface area contributed by atoms with Crippen LogP contribution in [0.1, 0.15) is 23.1 Å². The Kier molecular flexibility index (Phi) is 5.03. The summed E-state index contributed by atoms with van der Waals surface area (Å²) in [6, 6.07) is 11.2. The molecule has 0 aromatic heterocycles. The standard InChI is InChI=1S/C18H16F4N2O/c19-15-7-3-13(4-8-15)17-9-16(25-24-17)11-23-10-12-1-5-14(6-2-12)18(20,21)22/h1-8,16,23H,9-11H2/p+1/t16-/m0/s1. The third kappa shape index (κ3) is 4.57. The lowest BCUT2D eigenvalue weighted by atomic mass is 10.0. The summed E-state index contributed by atoms with van der Waals surface area (Å²) in [4.78, 5) is 5.37. The Labute approximate surface area is 142 Å². The van der Waals surface area contributed by atoms with E-state index in [1.807, 2.05) is 5.32 Å². The lowest BCUT2D eigenvalue weighted by molar-refractivity contribution is -0.676. The highest BCUT2D eigenvalue weighted by Crippen LogP contribution is 2.28. The zero-order valence-corrected chi connectivity index (χ0v) is 13.3. The van der Waals surface area contributed by atoms with Crippen LogP contribution in [0.4, 0.5) is 17.6 Å². The zero-order valence-electron chi connectivity index (χ0n) is 13.3. The quantitative estimate of drug-likeness (QED) is 0.825. The van der Waals surface area contributed by atoms with Gasteiger partial charge in [0.25, 0.3) is 0 Å². The van der Waals surface area contributed by atoms with E-state index in [1.54, 1.807) is 12.1 Å². The first-order valence-electron chi connectivity index (χ1n) is 7.88. The molecule has 1 atom stereocenters. The zero-order chi connectivity index (χ0) is 17.9. The molecule has 1 aliphatic rings. The van der Waals surface area contributed by atoms with Crippen LogP contribution < -0.4 is 5.32 Å². The van der Waals surface area contributed by atoms with Crippen molar-refractivity contribution in [2.45, 2.75) is 25.2 Å². The molecule has 0 unspecified atom stereocenters. The molecule has 132 valence electrons. The highest BCUT2D eigenvalue weighted by molar-refractivity contribution is 6.01. The molecule has 1 heterocycles. The molecule has 0 radical (unpaired) electrons. The largest absolute Gasteiger partial charge is 0.416 e. The van der Waals surface area contributed by atoms with Gasteiger partial charge in [0.15, 0.2) is 6.10 Å². The van der Waals surface area contributed by atoms with Gasteiger partial charge in [0.2, 0.25) is 0 Å². The highest BCUT2D eigenvalue weighted by atomic mass is 19.4. The summed E-state index contributed by atoms with van der Waals surface area (Å²) in [6.45, 7) is 1.19. The van der Waals surface area contributed by atoms with E-state index in [-0.39, 0.29) is 11.9 Å². The number of hydrogen-bond donors (Lipinski definition) is 1. The Morgan fingerprint density at radius 3 is 2.36 bits per heavy atom. The van der Waals surface area contributed by atoms with Gasteiger partial charge in [-0.25, -0.2) is 4.39 Å². The molecule has 1 aliphatic heterocycles. The maximum Gasteiger partial charge on any atom is 0.416 e. The van der Waals surface area contributed by atoms with E-state index in [9.17, 15) is 17.6 Å². The fourth-order valence-electron chi connectivity index (χ4n) is 2.63. The average molecular weight is 353 g/mol. The van der Waals surface area contributed by atoms with E-state index in [4.69, 9.17) is 4.84 Å². The Morgan fingerprint density at radius 2 is 1.72 bits per heavy atom. The van der Waals surface area contributed by atoms with Gasteiger partial charge >= 0.3 is 6.18 Å². The molecular weight excluding hydrogens is 336 g/mol. The van der Waals surface area contributed by atoms with Gasteiger partial charge < -0.3 is 10.2 Å². The summed E-state index contributed by atoms with van der Waals surface area (Å²) in [5, 5.41) is 6.00. The van der Waals surface area contributed by atoms with Crippen LogP contribution in [0.3, 0.4) is 0 Å². The van der Waals surface area contributed by atoms with E-state index in [0.29, 0.717) is 19.5 Å². The Bertz CT molecular complexity index is 739. The van der Waals surface area contributed by atoms with Gasteiger partial charge in [-0.15, -0.1) is 0 Å². The van der Waals surface area contributed by atoms with Crippen molar-refractivity contribution in [1.82, 2.24) is 0 Å². The molecule has 0 aliphatic carbocycles. The minimum atomic E-state index is -4.31. The number of quaternary nitrogens is 1. The summed E-state index contributed by atoms with van der Waals surface area (Å²) in [5.41, 5.74) is 1.76. The second-order valence-electron chi connectivity index (χ2n) is 5.90. The maximum atomic E-state index is 12.9. The predicted octanol–water partition coefficient (Wildman–Crippen LogP) is 3.10. The van der Waals surface area contributed by atoms with Gasteiger partial charge in [-0.1, -0.05) is 29.4 Å². The first kappa shape index (κ1) is 17.4. The first-order valence-corrected chi connectivity index (χ1v) is 7.88. The lowest BCUT2D eigenvalue weighted by Crippen LogP contribution is -2.84. The third-order valence-corrected chi connectivity index (χ3v) is 4.00. The summed E-state index contributed by atoms with van der Waals surface area (Å²) in [7, 11) is 0. The topological polar surface area (TPSA) is 38.2 Å². The fourth-order valence-corrected chi connectivity index (χ4v) is 2.63. The van der Waals surface area contributed by atoms with Gasteiger partial charge in [0.05, 0.1) is 11.3 Å². The number of halogens is 4. The van der Waals surface area contributed by atoms with Crippen molar-refractivity contribution in [3.63, 3.8) is 0 Å². The number of alkyl halides is 3. The highest BCUT2D eigenvalue weighted by Gasteiger charge is 2.30. The van der Waals surface area contributed by atoms with E-state index in [0.717, 1.165) is 29.0 Å². The Hall–Kier alpha value is -2.41. The molecule has 3 rings (SSSR count). The molecule has 3 nitrogen and oxygen atoms in total. The monoisotopic (exact) mass is 353 g/mol. The molecule has 0 amide bonds. The minimum absolute atomic E-state index is 0.102. The Morgan fingerprint density at radius 1 is 1.04 bits per heavy atom. The number of nitrogens with zero attached hydrogens (tertiary/aromatic N) is 1. The van der Waals surface area contributed by atoms with E-state index >= 15 is 0 Å². The maximum absolute atomic E-state index is 12.9. The minimum Gasteiger partial charge on any atom is -0.386 e. The third-order valence-electron chi connectivity index (χ3n) is 4.00. The average Bonchev–Trinajstić information content (AvgIpc) is 3.04. The van der Waals surface area contributed by atoms with Crippen LogP contribution in [0, 0.1) is 5.82 Å². The number of oxime groups is 1. The second kappa shape index (κ2) is 7.23. The number of nitrogens with two attached hydrogens (primary N) is 1. The van der Waals surface area contributed by atoms with Crippen molar-refractivity contribution in [2.24, 2.45) is 5.16 Å². The lowest BCUT2D eigenvalue weighted by Gasteiger charge is -2.09. The van der Waals surface area contributed by atoms with Crippen molar-refractivity contribution in [3.8, 4) is 0 Å². The molecule has 0 fully saturated rings. The van der Waals surface area contributed by atoms with Crippen LogP contribution in [0.15, 0.2) is 53.7 Å². The van der Waals surface area contributed by atoms with E-state index in [1.165, 1.54) is 24.3 Å². The van der Waals surface area contributed by atoms with Crippen LogP contribution >= 0.6 is 0 Å². The van der Waals surface area contributed by atoms with E-state index < -0.39 is 11.7 Å². The van der Waals surface area contributed by atoms with Gasteiger partial charge in [-0.05, 0) is 29.8 Å². The Balaban J connectivity index is 1.45. The summed E-state index contributed by atoms with van der Waals surface area (Å²) in [6.07, 6.45) is -3.79. The first-order chi connectivity index (χ1) is 11.9. The van der Waals surface area contributed by atoms with Crippen LogP contribution in [-0.4, -0.2) is 18.4 Å². The van der Waals surface area contributed by atoms with Crippen molar-refractivity contribution in [1.29, 1.82) is 0 Å². The van der Waals surface area contributed by atoms with Gasteiger partial charge in [-0.3, -0.25) is 0 Å². The molecule has 2 aromatic rings. The van der Waals surface area contributed by atoms with Crippen molar-refractivity contribution in [2.75, 3.05) is 6.54 Å². The molecule has 7 heteroatoms.